The maximum atomic E-state index is 12.5. The van der Waals surface area contributed by atoms with E-state index in [9.17, 15) is 13.2 Å². The number of hydrogen-bond acceptors (Lipinski definition) is 6. The smallest absolute Gasteiger partial charge is 0.422 e. The van der Waals surface area contributed by atoms with Gasteiger partial charge in [0.25, 0.3) is 0 Å². The number of nitrogens with zero attached hydrogens (tertiary/aromatic N) is 5. The first-order chi connectivity index (χ1) is 14.9. The highest BCUT2D eigenvalue weighted by atomic mass is 35.5. The van der Waals surface area contributed by atoms with Crippen molar-refractivity contribution in [1.29, 1.82) is 0 Å². The van der Waals surface area contributed by atoms with Crippen LogP contribution in [0.4, 0.5) is 24.8 Å². The number of rotatable bonds is 5. The van der Waals surface area contributed by atoms with E-state index >= 15 is 0 Å². The molecule has 1 saturated heterocycles. The average Bonchev–Trinajstić information content (AvgIpc) is 3.22. The van der Waals surface area contributed by atoms with Gasteiger partial charge >= 0.3 is 6.18 Å². The van der Waals surface area contributed by atoms with Crippen molar-refractivity contribution in [2.75, 3.05) is 29.9 Å². The fraction of sp³-hybridized carbons (Fsp3) is 0.450. The largest absolute Gasteiger partial charge is 0.480 e. The van der Waals surface area contributed by atoms with Gasteiger partial charge in [-0.25, -0.2) is 9.50 Å². The van der Waals surface area contributed by atoms with Crippen LogP contribution in [0.1, 0.15) is 12.8 Å². The van der Waals surface area contributed by atoms with E-state index in [1.165, 1.54) is 10.6 Å². The van der Waals surface area contributed by atoms with Crippen molar-refractivity contribution < 1.29 is 17.9 Å². The van der Waals surface area contributed by atoms with Gasteiger partial charge in [0.05, 0.1) is 0 Å². The zero-order chi connectivity index (χ0) is 21.6. The fourth-order valence-corrected chi connectivity index (χ4v) is 4.79. The molecule has 1 aliphatic heterocycles. The normalized spacial score (nSPS) is 23.4. The molecule has 3 aromatic rings. The van der Waals surface area contributed by atoms with Gasteiger partial charge in [-0.1, -0.05) is 11.6 Å². The van der Waals surface area contributed by atoms with Crippen LogP contribution in [-0.2, 0) is 0 Å². The minimum Gasteiger partial charge on any atom is -0.480 e. The summed E-state index contributed by atoms with van der Waals surface area (Å²) in [7, 11) is 0. The van der Waals surface area contributed by atoms with E-state index in [1.807, 2.05) is 12.1 Å². The predicted octanol–water partition coefficient (Wildman–Crippen LogP) is 4.05. The molecular weight excluding hydrogens is 433 g/mol. The van der Waals surface area contributed by atoms with Gasteiger partial charge in [-0.3, -0.25) is 0 Å². The summed E-state index contributed by atoms with van der Waals surface area (Å²) < 4.78 is 43.9. The summed E-state index contributed by atoms with van der Waals surface area (Å²) in [4.78, 5) is 10.8. The predicted molar refractivity (Wildman–Crippen MR) is 110 cm³/mol. The average molecular weight is 453 g/mol. The minimum atomic E-state index is -4.42. The van der Waals surface area contributed by atoms with Crippen LogP contribution >= 0.6 is 11.6 Å². The zero-order valence-corrected chi connectivity index (χ0v) is 17.1. The molecule has 1 aliphatic carbocycles. The van der Waals surface area contributed by atoms with Gasteiger partial charge in [0.2, 0.25) is 5.95 Å². The Morgan fingerprint density at radius 1 is 1.19 bits per heavy atom. The topological polar surface area (TPSA) is 67.6 Å². The molecule has 0 spiro atoms. The Kier molecular flexibility index (Phi) is 5.04. The summed E-state index contributed by atoms with van der Waals surface area (Å²) in [5, 5.41) is 8.30. The number of piperidine rings is 1. The molecule has 2 atom stereocenters. The van der Waals surface area contributed by atoms with Gasteiger partial charge in [-0.2, -0.15) is 18.2 Å². The summed E-state index contributed by atoms with van der Waals surface area (Å²) in [5.41, 5.74) is 1.32. The van der Waals surface area contributed by atoms with Gasteiger partial charge in [-0.15, -0.1) is 5.10 Å². The molecule has 1 N–H and O–H groups in total. The van der Waals surface area contributed by atoms with Crippen molar-refractivity contribution in [3.8, 4) is 5.75 Å². The Bertz CT molecular complexity index is 1080. The van der Waals surface area contributed by atoms with E-state index in [0.717, 1.165) is 31.6 Å². The van der Waals surface area contributed by atoms with Crippen LogP contribution in [0.15, 0.2) is 36.7 Å². The van der Waals surface area contributed by atoms with E-state index in [0.29, 0.717) is 22.9 Å². The van der Waals surface area contributed by atoms with E-state index in [-0.39, 0.29) is 17.4 Å². The van der Waals surface area contributed by atoms with Gasteiger partial charge in [0, 0.05) is 37.2 Å². The van der Waals surface area contributed by atoms with E-state index in [1.54, 1.807) is 18.5 Å². The summed E-state index contributed by atoms with van der Waals surface area (Å²) in [6.07, 6.45) is 1.11. The molecule has 2 aliphatic rings. The number of pyridine rings is 2. The summed E-state index contributed by atoms with van der Waals surface area (Å²) >= 11 is 6.05. The molecule has 164 valence electrons. The molecule has 1 saturated carbocycles. The third-order valence-corrected chi connectivity index (χ3v) is 6.13. The van der Waals surface area contributed by atoms with Crippen LogP contribution < -0.4 is 15.0 Å². The number of halogens is 4. The summed E-state index contributed by atoms with van der Waals surface area (Å²) in [6.45, 7) is 0.383. The minimum absolute atomic E-state index is 0.0488. The monoisotopic (exact) mass is 452 g/mol. The Labute approximate surface area is 181 Å². The second kappa shape index (κ2) is 7.74. The molecule has 3 aromatic heterocycles. The molecule has 7 nitrogen and oxygen atoms in total. The molecule has 31 heavy (non-hydrogen) atoms. The summed E-state index contributed by atoms with van der Waals surface area (Å²) in [5.74, 6) is 1.25. The highest BCUT2D eigenvalue weighted by Crippen LogP contribution is 2.40. The third-order valence-electron chi connectivity index (χ3n) is 5.92. The third kappa shape index (κ3) is 4.21. The lowest BCUT2D eigenvalue weighted by Crippen LogP contribution is -2.48. The molecule has 0 amide bonds. The standard InChI is InChI=1S/C20H20ClF3N6O/c21-16-8-14(5-6-25-16)29-9-12-3-4-13(10-29)17(12)26-19-27-18-15(31-11-20(22,23)24)2-1-7-30(18)28-19/h1-2,5-8,12-13,17H,3-4,9-11H2,(H,26,28). The van der Waals surface area contributed by atoms with Crippen molar-refractivity contribution in [3.05, 3.63) is 41.8 Å². The Morgan fingerprint density at radius 3 is 2.68 bits per heavy atom. The van der Waals surface area contributed by atoms with Gasteiger partial charge in [-0.05, 0) is 48.9 Å². The lowest BCUT2D eigenvalue weighted by atomic mass is 9.92. The van der Waals surface area contributed by atoms with Gasteiger partial charge in [0.15, 0.2) is 18.0 Å². The Hall–Kier alpha value is -2.75. The zero-order valence-electron chi connectivity index (χ0n) is 16.4. The first-order valence-corrected chi connectivity index (χ1v) is 10.4. The van der Waals surface area contributed by atoms with Crippen molar-refractivity contribution >= 4 is 28.9 Å². The molecule has 2 unspecified atom stereocenters. The van der Waals surface area contributed by atoms with Crippen LogP contribution in [0.25, 0.3) is 5.65 Å². The molecule has 4 heterocycles. The molecule has 5 rings (SSSR count). The first-order valence-electron chi connectivity index (χ1n) is 10.0. The van der Waals surface area contributed by atoms with Crippen LogP contribution in [0, 0.1) is 11.8 Å². The van der Waals surface area contributed by atoms with Crippen LogP contribution in [0.5, 0.6) is 5.75 Å². The number of alkyl halides is 3. The van der Waals surface area contributed by atoms with Gasteiger partial charge in [0.1, 0.15) is 5.15 Å². The first kappa shape index (κ1) is 20.2. The van der Waals surface area contributed by atoms with Crippen molar-refractivity contribution in [1.82, 2.24) is 19.6 Å². The number of nitrogens with one attached hydrogen (secondary N) is 1. The molecule has 11 heteroatoms. The maximum Gasteiger partial charge on any atom is 0.422 e. The molecule has 2 fully saturated rings. The van der Waals surface area contributed by atoms with E-state index < -0.39 is 12.8 Å². The number of ether oxygens (including phenoxy) is 1. The second-order valence-electron chi connectivity index (χ2n) is 7.99. The molecule has 0 aromatic carbocycles. The number of aromatic nitrogens is 4. The lowest BCUT2D eigenvalue weighted by molar-refractivity contribution is -0.153. The van der Waals surface area contributed by atoms with E-state index in [2.05, 4.69) is 25.3 Å². The second-order valence-corrected chi connectivity index (χ2v) is 8.38. The van der Waals surface area contributed by atoms with Crippen molar-refractivity contribution in [3.63, 3.8) is 0 Å². The van der Waals surface area contributed by atoms with Crippen molar-refractivity contribution in [2.45, 2.75) is 25.1 Å². The van der Waals surface area contributed by atoms with Gasteiger partial charge < -0.3 is 15.0 Å². The molecule has 2 bridgehead atoms. The quantitative estimate of drug-likeness (QED) is 0.589. The van der Waals surface area contributed by atoms with Crippen LogP contribution in [0.2, 0.25) is 5.15 Å². The lowest BCUT2D eigenvalue weighted by Gasteiger charge is -2.39. The van der Waals surface area contributed by atoms with E-state index in [4.69, 9.17) is 16.3 Å². The highest BCUT2D eigenvalue weighted by Gasteiger charge is 2.42. The highest BCUT2D eigenvalue weighted by molar-refractivity contribution is 6.29. The van der Waals surface area contributed by atoms with Crippen molar-refractivity contribution in [2.24, 2.45) is 11.8 Å². The Balaban J connectivity index is 1.31. The number of anilines is 2. The molecular formula is C20H20ClF3N6O. The maximum absolute atomic E-state index is 12.5. The fourth-order valence-electron chi connectivity index (χ4n) is 4.62. The Morgan fingerprint density at radius 2 is 1.97 bits per heavy atom. The SMILES string of the molecule is FC(F)(F)COc1cccn2nc(NC3C4CCC3CN(c3ccnc(Cl)c3)C4)nc12. The summed E-state index contributed by atoms with van der Waals surface area (Å²) in [6, 6.07) is 7.08. The molecule has 0 radical (unpaired) electrons. The van der Waals surface area contributed by atoms with Crippen LogP contribution in [-0.4, -0.2) is 51.5 Å². The van der Waals surface area contributed by atoms with Crippen LogP contribution in [0.3, 0.4) is 0 Å². The number of fused-ring (bicyclic) bond motifs is 3. The number of hydrogen-bond donors (Lipinski definition) is 1.